The van der Waals surface area contributed by atoms with Crippen LogP contribution in [0.25, 0.3) is 10.6 Å². The van der Waals surface area contributed by atoms with Crippen LogP contribution in [-0.4, -0.2) is 22.5 Å². The zero-order valence-electron chi connectivity index (χ0n) is 13.4. The molecule has 1 amide bonds. The van der Waals surface area contributed by atoms with Crippen LogP contribution in [0.15, 0.2) is 24.3 Å². The third-order valence-electron chi connectivity index (χ3n) is 4.72. The number of aliphatic hydroxyl groups is 1. The molecule has 0 spiro atoms. The maximum absolute atomic E-state index is 12.1. The van der Waals surface area contributed by atoms with Gasteiger partial charge in [-0.2, -0.15) is 0 Å². The van der Waals surface area contributed by atoms with Crippen molar-refractivity contribution in [2.75, 3.05) is 11.4 Å². The molecule has 0 saturated carbocycles. The molecule has 1 fully saturated rings. The highest BCUT2D eigenvalue weighted by atomic mass is 32.1. The number of β-lactam (4-membered cyclic amide) rings is 1. The molecule has 0 bridgehead atoms. The van der Waals surface area contributed by atoms with Gasteiger partial charge in [0.1, 0.15) is 5.01 Å². The first kappa shape index (κ1) is 14.8. The summed E-state index contributed by atoms with van der Waals surface area (Å²) in [4.78, 5) is 19.6. The van der Waals surface area contributed by atoms with Crippen LogP contribution in [-0.2, 0) is 11.2 Å². The molecule has 1 aromatic carbocycles. The Bertz CT molecular complexity index is 764. The molecular weight excluding hydrogens is 308 g/mol. The van der Waals surface area contributed by atoms with Crippen LogP contribution in [0.3, 0.4) is 0 Å². The number of carbonyl (C=O) groups is 1. The van der Waals surface area contributed by atoms with Gasteiger partial charge < -0.3 is 10.0 Å². The number of amides is 1. The fourth-order valence-corrected chi connectivity index (χ4v) is 4.46. The van der Waals surface area contributed by atoms with E-state index >= 15 is 0 Å². The quantitative estimate of drug-likeness (QED) is 0.858. The molecule has 1 saturated heterocycles. The van der Waals surface area contributed by atoms with Crippen LogP contribution >= 0.6 is 11.3 Å². The van der Waals surface area contributed by atoms with Crippen molar-refractivity contribution in [3.63, 3.8) is 0 Å². The van der Waals surface area contributed by atoms with Crippen LogP contribution in [0.1, 0.15) is 43.4 Å². The van der Waals surface area contributed by atoms with Crippen LogP contribution in [0, 0.1) is 5.41 Å². The van der Waals surface area contributed by atoms with E-state index < -0.39 is 0 Å². The van der Waals surface area contributed by atoms with Crippen LogP contribution in [0.4, 0.5) is 5.69 Å². The minimum atomic E-state index is -0.356. The Morgan fingerprint density at radius 2 is 2.04 bits per heavy atom. The molecule has 0 radical (unpaired) electrons. The summed E-state index contributed by atoms with van der Waals surface area (Å²) < 4.78 is 0. The van der Waals surface area contributed by atoms with E-state index in [0.29, 0.717) is 0 Å². The predicted molar refractivity (Wildman–Crippen MR) is 91.6 cm³/mol. The van der Waals surface area contributed by atoms with Crippen molar-refractivity contribution in [1.82, 2.24) is 4.98 Å². The number of aryl methyl sites for hydroxylation is 1. The second-order valence-electron chi connectivity index (χ2n) is 7.06. The highest BCUT2D eigenvalue weighted by Gasteiger charge is 2.44. The lowest BCUT2D eigenvalue weighted by Gasteiger charge is -2.44. The monoisotopic (exact) mass is 328 g/mol. The summed E-state index contributed by atoms with van der Waals surface area (Å²) in [5.74, 6) is 0.179. The molecule has 4 rings (SSSR count). The molecule has 2 aliphatic rings. The predicted octanol–water partition coefficient (Wildman–Crippen LogP) is 3.55. The largest absolute Gasteiger partial charge is 0.388 e. The Morgan fingerprint density at radius 1 is 1.30 bits per heavy atom. The number of nitrogens with zero attached hydrogens (tertiary/aromatic N) is 2. The molecule has 1 atom stereocenters. The number of benzene rings is 1. The lowest BCUT2D eigenvalue weighted by Crippen LogP contribution is -2.58. The molecule has 2 aromatic rings. The minimum Gasteiger partial charge on any atom is -0.388 e. The summed E-state index contributed by atoms with van der Waals surface area (Å²) in [6.45, 7) is 4.72. The average Bonchev–Trinajstić information content (AvgIpc) is 2.98. The van der Waals surface area contributed by atoms with Gasteiger partial charge in [0, 0.05) is 17.8 Å². The van der Waals surface area contributed by atoms with E-state index in [1.807, 2.05) is 43.0 Å². The number of thiazole rings is 1. The topological polar surface area (TPSA) is 53.4 Å². The fraction of sp³-hybridized carbons (Fsp3) is 0.444. The first-order valence-corrected chi connectivity index (χ1v) is 8.87. The Hall–Kier alpha value is -1.72. The Labute approximate surface area is 139 Å². The molecule has 5 heteroatoms. The van der Waals surface area contributed by atoms with Gasteiger partial charge in [-0.1, -0.05) is 0 Å². The number of hydrogen-bond donors (Lipinski definition) is 1. The molecule has 4 nitrogen and oxygen atoms in total. The number of aromatic nitrogens is 1. The van der Waals surface area contributed by atoms with E-state index in [0.717, 1.165) is 52.6 Å². The van der Waals surface area contributed by atoms with Gasteiger partial charge in [0.05, 0.1) is 22.1 Å². The second-order valence-corrected chi connectivity index (χ2v) is 8.09. The summed E-state index contributed by atoms with van der Waals surface area (Å²) in [7, 11) is 0. The van der Waals surface area contributed by atoms with Crippen molar-refractivity contribution < 1.29 is 9.90 Å². The lowest BCUT2D eigenvalue weighted by molar-refractivity contribution is -0.132. The number of hydrogen-bond acceptors (Lipinski definition) is 4. The maximum atomic E-state index is 12.1. The van der Waals surface area contributed by atoms with E-state index in [9.17, 15) is 9.90 Å². The van der Waals surface area contributed by atoms with Crippen molar-refractivity contribution in [3.05, 3.63) is 34.8 Å². The number of rotatable bonds is 2. The Kier molecular flexibility index (Phi) is 3.32. The van der Waals surface area contributed by atoms with Gasteiger partial charge in [-0.15, -0.1) is 11.3 Å². The van der Waals surface area contributed by atoms with Gasteiger partial charge in [0.2, 0.25) is 5.91 Å². The average molecular weight is 328 g/mol. The normalized spacial score (nSPS) is 22.7. The van der Waals surface area contributed by atoms with E-state index in [-0.39, 0.29) is 17.4 Å². The standard InChI is InChI=1S/C18H20N2O2S/c1-18(2)10-20(17(18)22)12-8-6-11(7-9-12)16-19-13-4-3-5-14(21)15(13)23-16/h6-9,14,21H,3-5,10H2,1-2H3. The zero-order valence-corrected chi connectivity index (χ0v) is 14.2. The van der Waals surface area contributed by atoms with Crippen molar-refractivity contribution in [2.24, 2.45) is 5.41 Å². The molecule has 1 aromatic heterocycles. The van der Waals surface area contributed by atoms with E-state index in [1.54, 1.807) is 11.3 Å². The molecule has 23 heavy (non-hydrogen) atoms. The highest BCUT2D eigenvalue weighted by molar-refractivity contribution is 7.15. The number of aliphatic hydroxyl groups excluding tert-OH is 1. The third kappa shape index (κ3) is 2.39. The van der Waals surface area contributed by atoms with Gasteiger partial charge in [-0.05, 0) is 57.4 Å². The summed E-state index contributed by atoms with van der Waals surface area (Å²) in [6.07, 6.45) is 2.44. The second kappa shape index (κ2) is 5.14. The van der Waals surface area contributed by atoms with Crippen molar-refractivity contribution in [2.45, 2.75) is 39.2 Å². The lowest BCUT2D eigenvalue weighted by atomic mass is 9.82. The summed E-state index contributed by atoms with van der Waals surface area (Å²) in [5, 5.41) is 11.0. The van der Waals surface area contributed by atoms with Crippen molar-refractivity contribution in [3.8, 4) is 10.6 Å². The first-order chi connectivity index (χ1) is 11.0. The molecule has 1 aliphatic heterocycles. The Morgan fingerprint density at radius 3 is 2.65 bits per heavy atom. The first-order valence-electron chi connectivity index (χ1n) is 8.06. The molecule has 1 N–H and O–H groups in total. The van der Waals surface area contributed by atoms with E-state index in [2.05, 4.69) is 0 Å². The molecule has 120 valence electrons. The number of anilines is 1. The van der Waals surface area contributed by atoms with Gasteiger partial charge in [0.15, 0.2) is 0 Å². The fourth-order valence-electron chi connectivity index (χ4n) is 3.32. The molecular formula is C18H20N2O2S. The summed E-state index contributed by atoms with van der Waals surface area (Å²) >= 11 is 1.59. The van der Waals surface area contributed by atoms with Crippen molar-refractivity contribution >= 4 is 22.9 Å². The van der Waals surface area contributed by atoms with Gasteiger partial charge >= 0.3 is 0 Å². The van der Waals surface area contributed by atoms with E-state index in [1.165, 1.54) is 0 Å². The Balaban J connectivity index is 1.58. The zero-order chi connectivity index (χ0) is 16.2. The number of carbonyl (C=O) groups excluding carboxylic acids is 1. The van der Waals surface area contributed by atoms with Gasteiger partial charge in [0.25, 0.3) is 0 Å². The summed E-state index contributed by atoms with van der Waals surface area (Å²) in [5.41, 5.74) is 2.81. The van der Waals surface area contributed by atoms with Gasteiger partial charge in [-0.25, -0.2) is 4.98 Å². The van der Waals surface area contributed by atoms with Crippen LogP contribution in [0.5, 0.6) is 0 Å². The van der Waals surface area contributed by atoms with Crippen LogP contribution < -0.4 is 4.90 Å². The molecule has 2 heterocycles. The third-order valence-corrected chi connectivity index (χ3v) is 5.97. The SMILES string of the molecule is CC1(C)CN(c2ccc(-c3nc4c(s3)C(O)CCC4)cc2)C1=O. The number of fused-ring (bicyclic) bond motifs is 1. The maximum Gasteiger partial charge on any atom is 0.234 e. The molecule has 1 aliphatic carbocycles. The smallest absolute Gasteiger partial charge is 0.234 e. The highest BCUT2D eigenvalue weighted by Crippen LogP contribution is 2.39. The van der Waals surface area contributed by atoms with Crippen molar-refractivity contribution in [1.29, 1.82) is 0 Å². The molecule has 1 unspecified atom stereocenters. The van der Waals surface area contributed by atoms with Gasteiger partial charge in [-0.3, -0.25) is 4.79 Å². The van der Waals surface area contributed by atoms with E-state index in [4.69, 9.17) is 4.98 Å². The minimum absolute atomic E-state index is 0.179. The van der Waals surface area contributed by atoms with Crippen LogP contribution in [0.2, 0.25) is 0 Å². The summed E-state index contributed by atoms with van der Waals surface area (Å²) in [6, 6.07) is 8.01.